The lowest BCUT2D eigenvalue weighted by atomic mass is 10.2. The fourth-order valence-electron chi connectivity index (χ4n) is 2.77. The van der Waals surface area contributed by atoms with Crippen LogP contribution in [-0.2, 0) is 20.0 Å². The van der Waals surface area contributed by atoms with E-state index >= 15 is 0 Å². The molecule has 12 heteroatoms. The lowest BCUT2D eigenvalue weighted by Crippen LogP contribution is -2.18. The van der Waals surface area contributed by atoms with Crippen LogP contribution in [0, 0.1) is 24.0 Å². The molecule has 3 rings (SSSR count). The van der Waals surface area contributed by atoms with Gasteiger partial charge >= 0.3 is 0 Å². The third kappa shape index (κ3) is 4.98. The maximum absolute atomic E-state index is 12.8. The Labute approximate surface area is 185 Å². The van der Waals surface area contributed by atoms with E-state index in [1.54, 1.807) is 38.1 Å². The number of hydrogen-bond acceptors (Lipinski definition) is 7. The van der Waals surface area contributed by atoms with Crippen molar-refractivity contribution < 1.29 is 21.8 Å². The summed E-state index contributed by atoms with van der Waals surface area (Å²) in [6.07, 6.45) is 0. The Morgan fingerprint density at radius 2 is 1.12 bits per heavy atom. The van der Waals surface area contributed by atoms with Gasteiger partial charge in [-0.1, -0.05) is 35.4 Å². The average molecular weight is 477 g/mol. The molecule has 0 saturated heterocycles. The van der Waals surface area contributed by atoms with Gasteiger partial charge in [0.1, 0.15) is 5.69 Å². The summed E-state index contributed by atoms with van der Waals surface area (Å²) >= 11 is 0. The minimum absolute atomic E-state index is 0.0765. The number of nitrogens with zero attached hydrogens (tertiary/aromatic N) is 1. The molecule has 3 aromatic carbocycles. The second-order valence-corrected chi connectivity index (χ2v) is 10.4. The van der Waals surface area contributed by atoms with Crippen LogP contribution in [0.2, 0.25) is 0 Å². The number of hydrogen-bond donors (Lipinski definition) is 3. The van der Waals surface area contributed by atoms with E-state index in [0.29, 0.717) is 0 Å². The number of nitro benzene ring substituents is 1. The normalized spacial score (nSPS) is 11.7. The molecular weight excluding hydrogens is 456 g/mol. The van der Waals surface area contributed by atoms with Gasteiger partial charge in [0, 0.05) is 6.07 Å². The largest absolute Gasteiger partial charge is 0.393 e. The van der Waals surface area contributed by atoms with Gasteiger partial charge in [0.05, 0.1) is 26.1 Å². The highest BCUT2D eigenvalue weighted by molar-refractivity contribution is 7.93. The number of nitrogens with one attached hydrogen (secondary N) is 2. The fourth-order valence-corrected chi connectivity index (χ4v) is 4.92. The monoisotopic (exact) mass is 476 g/mol. The van der Waals surface area contributed by atoms with Crippen molar-refractivity contribution in [2.75, 3.05) is 15.2 Å². The van der Waals surface area contributed by atoms with Crippen molar-refractivity contribution in [1.29, 1.82) is 0 Å². The van der Waals surface area contributed by atoms with Gasteiger partial charge in [-0.15, -0.1) is 0 Å². The van der Waals surface area contributed by atoms with Gasteiger partial charge in [-0.25, -0.2) is 16.8 Å². The summed E-state index contributed by atoms with van der Waals surface area (Å²) in [5, 5.41) is 11.3. The first kappa shape index (κ1) is 23.0. The van der Waals surface area contributed by atoms with Crippen LogP contribution in [0.25, 0.3) is 0 Å². The first-order valence-corrected chi connectivity index (χ1v) is 12.1. The highest BCUT2D eigenvalue weighted by atomic mass is 32.2. The molecule has 0 unspecified atom stereocenters. The topological polar surface area (TPSA) is 162 Å². The molecule has 0 heterocycles. The van der Waals surface area contributed by atoms with Crippen LogP contribution >= 0.6 is 0 Å². The van der Waals surface area contributed by atoms with Gasteiger partial charge in [-0.2, -0.15) is 0 Å². The first-order valence-electron chi connectivity index (χ1n) is 9.16. The Hall–Kier alpha value is -3.64. The highest BCUT2D eigenvalue weighted by Gasteiger charge is 2.24. The van der Waals surface area contributed by atoms with Crippen molar-refractivity contribution in [2.45, 2.75) is 23.6 Å². The van der Waals surface area contributed by atoms with E-state index in [2.05, 4.69) is 9.44 Å². The summed E-state index contributed by atoms with van der Waals surface area (Å²) < 4.78 is 55.7. The minimum Gasteiger partial charge on any atom is -0.393 e. The predicted octanol–water partition coefficient (Wildman–Crippen LogP) is 3.40. The van der Waals surface area contributed by atoms with E-state index < -0.39 is 30.7 Å². The van der Waals surface area contributed by atoms with Crippen LogP contribution < -0.4 is 15.2 Å². The Kier molecular flexibility index (Phi) is 6.10. The molecule has 0 radical (unpaired) electrons. The smallest absolute Gasteiger partial charge is 0.294 e. The SMILES string of the molecule is Cc1ccc(S(=O)(=O)Nc2cc(N)c([N+](=O)[O-])cc2NS(=O)(=O)c2ccc(C)cc2)cc1. The molecule has 32 heavy (non-hydrogen) atoms. The van der Waals surface area contributed by atoms with Crippen molar-refractivity contribution >= 4 is 42.8 Å². The third-order valence-electron chi connectivity index (χ3n) is 4.51. The van der Waals surface area contributed by atoms with Gasteiger partial charge in [-0.05, 0) is 44.2 Å². The van der Waals surface area contributed by atoms with Gasteiger partial charge in [0.2, 0.25) is 0 Å². The lowest BCUT2D eigenvalue weighted by molar-refractivity contribution is -0.383. The Bertz CT molecular complexity index is 1390. The van der Waals surface area contributed by atoms with E-state index in [0.717, 1.165) is 23.3 Å². The van der Waals surface area contributed by atoms with E-state index in [9.17, 15) is 26.9 Å². The number of nitro groups is 1. The standard InChI is InChI=1S/C20H20N4O6S2/c1-13-3-7-15(8-4-13)31(27,28)22-18-11-17(21)20(24(25)26)12-19(18)23-32(29,30)16-9-5-14(2)6-10-16/h3-12,22-23H,21H2,1-2H3. The van der Waals surface area contributed by atoms with Crippen LogP contribution in [0.3, 0.4) is 0 Å². The maximum Gasteiger partial charge on any atom is 0.294 e. The summed E-state index contributed by atoms with van der Waals surface area (Å²) in [5.74, 6) is 0. The summed E-state index contributed by atoms with van der Waals surface area (Å²) in [5.41, 5.74) is 5.86. The van der Waals surface area contributed by atoms with E-state index in [-0.39, 0.29) is 26.9 Å². The Morgan fingerprint density at radius 1 is 0.750 bits per heavy atom. The summed E-state index contributed by atoms with van der Waals surface area (Å²) in [6.45, 7) is 3.57. The number of nitrogens with two attached hydrogens (primary N) is 1. The van der Waals surface area contributed by atoms with Crippen LogP contribution in [0.5, 0.6) is 0 Å². The summed E-state index contributed by atoms with van der Waals surface area (Å²) in [6, 6.07) is 13.7. The number of rotatable bonds is 7. The number of anilines is 3. The van der Waals surface area contributed by atoms with Gasteiger partial charge in [-0.3, -0.25) is 19.6 Å². The molecule has 168 valence electrons. The second-order valence-electron chi connectivity index (χ2n) is 7.05. The van der Waals surface area contributed by atoms with Crippen molar-refractivity contribution in [3.05, 3.63) is 81.9 Å². The van der Waals surface area contributed by atoms with Gasteiger partial charge in [0.25, 0.3) is 25.7 Å². The van der Waals surface area contributed by atoms with Crippen molar-refractivity contribution in [3.63, 3.8) is 0 Å². The zero-order chi connectivity index (χ0) is 23.7. The quantitative estimate of drug-likeness (QED) is 0.267. The lowest BCUT2D eigenvalue weighted by Gasteiger charge is -2.16. The fraction of sp³-hybridized carbons (Fsp3) is 0.100. The average Bonchev–Trinajstić information content (AvgIpc) is 2.70. The summed E-state index contributed by atoms with van der Waals surface area (Å²) in [4.78, 5) is 10.3. The van der Waals surface area contributed by atoms with Gasteiger partial charge < -0.3 is 5.73 Å². The predicted molar refractivity (Wildman–Crippen MR) is 121 cm³/mol. The van der Waals surface area contributed by atoms with Crippen LogP contribution in [0.4, 0.5) is 22.7 Å². The molecule has 0 aliphatic rings. The minimum atomic E-state index is -4.18. The zero-order valence-electron chi connectivity index (χ0n) is 17.1. The van der Waals surface area contributed by atoms with E-state index in [1.807, 2.05) is 0 Å². The zero-order valence-corrected chi connectivity index (χ0v) is 18.7. The Balaban J connectivity index is 2.08. The number of benzene rings is 3. The van der Waals surface area contributed by atoms with Crippen molar-refractivity contribution in [3.8, 4) is 0 Å². The molecular formula is C20H20N4O6S2. The second kappa shape index (κ2) is 8.48. The van der Waals surface area contributed by atoms with E-state index in [4.69, 9.17) is 5.73 Å². The third-order valence-corrected chi connectivity index (χ3v) is 7.28. The molecule has 0 aromatic heterocycles. The molecule has 10 nitrogen and oxygen atoms in total. The molecule has 0 aliphatic heterocycles. The molecule has 0 aliphatic carbocycles. The van der Waals surface area contributed by atoms with Crippen LogP contribution in [0.15, 0.2) is 70.5 Å². The molecule has 0 bridgehead atoms. The number of aryl methyl sites for hydroxylation is 2. The Morgan fingerprint density at radius 3 is 1.50 bits per heavy atom. The molecule has 0 fully saturated rings. The highest BCUT2D eigenvalue weighted by Crippen LogP contribution is 2.35. The van der Waals surface area contributed by atoms with Crippen molar-refractivity contribution in [1.82, 2.24) is 0 Å². The number of sulfonamides is 2. The number of nitrogen functional groups attached to an aromatic ring is 1. The van der Waals surface area contributed by atoms with Gasteiger partial charge in [0.15, 0.2) is 0 Å². The molecule has 0 spiro atoms. The maximum atomic E-state index is 12.8. The molecule has 0 amide bonds. The molecule has 0 atom stereocenters. The van der Waals surface area contributed by atoms with Crippen molar-refractivity contribution in [2.24, 2.45) is 0 Å². The first-order chi connectivity index (χ1) is 14.9. The summed E-state index contributed by atoms with van der Waals surface area (Å²) in [7, 11) is -8.32. The van der Waals surface area contributed by atoms with Crippen LogP contribution in [-0.4, -0.2) is 21.8 Å². The molecule has 4 N–H and O–H groups in total. The van der Waals surface area contributed by atoms with E-state index in [1.165, 1.54) is 24.3 Å². The van der Waals surface area contributed by atoms with Crippen LogP contribution in [0.1, 0.15) is 11.1 Å². The molecule has 3 aromatic rings. The molecule has 0 saturated carbocycles.